The smallest absolute Gasteiger partial charge is 0.259 e. The highest BCUT2D eigenvalue weighted by atomic mass is 16.3. The number of nitrogens with one attached hydrogen (secondary N) is 2. The number of aromatic hydroxyl groups is 1. The van der Waals surface area contributed by atoms with E-state index in [9.17, 15) is 9.90 Å². The Morgan fingerprint density at radius 3 is 2.52 bits per heavy atom. The van der Waals surface area contributed by atoms with Gasteiger partial charge in [0.05, 0.1) is 12.8 Å². The molecule has 120 valence electrons. The Balaban J connectivity index is 1.88. The van der Waals surface area contributed by atoms with Crippen molar-refractivity contribution in [1.82, 2.24) is 5.43 Å². The number of benzene rings is 2. The van der Waals surface area contributed by atoms with Crippen molar-refractivity contribution in [3.8, 4) is 5.75 Å². The summed E-state index contributed by atoms with van der Waals surface area (Å²) < 4.78 is 0. The molecule has 23 heavy (non-hydrogen) atoms. The number of amides is 1. The largest absolute Gasteiger partial charge is 0.508 e. The van der Waals surface area contributed by atoms with E-state index in [0.717, 1.165) is 16.8 Å². The summed E-state index contributed by atoms with van der Waals surface area (Å²) in [6.45, 7) is 6.22. The number of carbonyl (C=O) groups is 1. The maximum Gasteiger partial charge on any atom is 0.259 e. The van der Waals surface area contributed by atoms with Gasteiger partial charge in [0.15, 0.2) is 0 Å². The standard InChI is InChI=1S/C18H21N3O2/c1-12-7-13(2)18(14(3)8-12)19-11-17(23)21-20-10-15-5-4-6-16(22)9-15/h4-10,19,22H,11H2,1-3H3,(H,21,23)/b20-10-. The first-order chi connectivity index (χ1) is 11.0. The van der Waals surface area contributed by atoms with Crippen molar-refractivity contribution in [2.45, 2.75) is 20.8 Å². The zero-order valence-electron chi connectivity index (χ0n) is 13.6. The van der Waals surface area contributed by atoms with Crippen LogP contribution in [0.1, 0.15) is 22.3 Å². The molecule has 0 aliphatic rings. The quantitative estimate of drug-likeness (QED) is 0.587. The zero-order chi connectivity index (χ0) is 16.8. The number of phenolic OH excluding ortho intramolecular Hbond substituents is 1. The van der Waals surface area contributed by atoms with Crippen molar-refractivity contribution in [2.24, 2.45) is 5.10 Å². The number of anilines is 1. The zero-order valence-corrected chi connectivity index (χ0v) is 13.6. The highest BCUT2D eigenvalue weighted by molar-refractivity contribution is 5.84. The van der Waals surface area contributed by atoms with Crippen LogP contribution in [-0.2, 0) is 4.79 Å². The van der Waals surface area contributed by atoms with Crippen LogP contribution >= 0.6 is 0 Å². The average molecular weight is 311 g/mol. The van der Waals surface area contributed by atoms with Gasteiger partial charge in [-0.1, -0.05) is 29.8 Å². The van der Waals surface area contributed by atoms with Gasteiger partial charge in [-0.05, 0) is 49.6 Å². The Morgan fingerprint density at radius 1 is 1.17 bits per heavy atom. The second kappa shape index (κ2) is 7.45. The molecule has 0 aromatic heterocycles. The topological polar surface area (TPSA) is 73.7 Å². The first kappa shape index (κ1) is 16.5. The third-order valence-electron chi connectivity index (χ3n) is 3.38. The Kier molecular flexibility index (Phi) is 5.36. The molecule has 5 heteroatoms. The van der Waals surface area contributed by atoms with Crippen LogP contribution in [0.5, 0.6) is 5.75 Å². The number of nitrogens with zero attached hydrogens (tertiary/aromatic N) is 1. The maximum atomic E-state index is 11.8. The predicted molar refractivity (Wildman–Crippen MR) is 93.0 cm³/mol. The van der Waals surface area contributed by atoms with Crippen LogP contribution in [-0.4, -0.2) is 23.8 Å². The fourth-order valence-electron chi connectivity index (χ4n) is 2.45. The van der Waals surface area contributed by atoms with Crippen molar-refractivity contribution in [3.05, 3.63) is 58.7 Å². The Bertz CT molecular complexity index is 716. The number of hydrazone groups is 1. The molecular formula is C18H21N3O2. The lowest BCUT2D eigenvalue weighted by Gasteiger charge is -2.13. The fourth-order valence-corrected chi connectivity index (χ4v) is 2.45. The first-order valence-electron chi connectivity index (χ1n) is 7.38. The normalized spacial score (nSPS) is 10.7. The van der Waals surface area contributed by atoms with E-state index in [4.69, 9.17) is 0 Å². The van der Waals surface area contributed by atoms with Crippen LogP contribution in [0.2, 0.25) is 0 Å². The van der Waals surface area contributed by atoms with E-state index in [1.54, 1.807) is 24.3 Å². The fraction of sp³-hybridized carbons (Fsp3) is 0.222. The molecule has 0 saturated heterocycles. The Labute approximate surface area is 136 Å². The molecule has 0 heterocycles. The van der Waals surface area contributed by atoms with Crippen molar-refractivity contribution in [2.75, 3.05) is 11.9 Å². The second-order valence-corrected chi connectivity index (χ2v) is 5.52. The molecule has 0 saturated carbocycles. The molecule has 0 bridgehead atoms. The SMILES string of the molecule is Cc1cc(C)c(NCC(=O)N/N=C\c2cccc(O)c2)c(C)c1. The van der Waals surface area contributed by atoms with Crippen molar-refractivity contribution in [1.29, 1.82) is 0 Å². The van der Waals surface area contributed by atoms with E-state index in [1.165, 1.54) is 11.8 Å². The van der Waals surface area contributed by atoms with Crippen LogP contribution in [0.3, 0.4) is 0 Å². The molecule has 0 fully saturated rings. The summed E-state index contributed by atoms with van der Waals surface area (Å²) in [6, 6.07) is 10.8. The van der Waals surface area contributed by atoms with Crippen molar-refractivity contribution in [3.63, 3.8) is 0 Å². The maximum absolute atomic E-state index is 11.8. The third-order valence-corrected chi connectivity index (χ3v) is 3.38. The first-order valence-corrected chi connectivity index (χ1v) is 7.38. The molecule has 2 rings (SSSR count). The third kappa shape index (κ3) is 4.85. The van der Waals surface area contributed by atoms with Gasteiger partial charge in [0.1, 0.15) is 5.75 Å². The summed E-state index contributed by atoms with van der Waals surface area (Å²) in [6.07, 6.45) is 1.49. The van der Waals surface area contributed by atoms with E-state index in [2.05, 4.69) is 28.0 Å². The van der Waals surface area contributed by atoms with Gasteiger partial charge in [-0.25, -0.2) is 5.43 Å². The molecule has 3 N–H and O–H groups in total. The van der Waals surface area contributed by atoms with E-state index in [1.807, 2.05) is 20.8 Å². The van der Waals surface area contributed by atoms with Crippen LogP contribution in [0, 0.1) is 20.8 Å². The summed E-state index contributed by atoms with van der Waals surface area (Å²) in [4.78, 5) is 11.8. The number of carbonyl (C=O) groups excluding carboxylic acids is 1. The summed E-state index contributed by atoms with van der Waals surface area (Å²) in [5.74, 6) is -0.0759. The minimum atomic E-state index is -0.235. The molecule has 5 nitrogen and oxygen atoms in total. The van der Waals surface area contributed by atoms with Gasteiger partial charge in [0.2, 0.25) is 0 Å². The van der Waals surface area contributed by atoms with Crippen molar-refractivity contribution >= 4 is 17.8 Å². The van der Waals surface area contributed by atoms with Crippen LogP contribution < -0.4 is 10.7 Å². The van der Waals surface area contributed by atoms with Gasteiger partial charge in [-0.3, -0.25) is 4.79 Å². The molecule has 2 aromatic rings. The molecular weight excluding hydrogens is 290 g/mol. The lowest BCUT2D eigenvalue weighted by Crippen LogP contribution is -2.26. The number of aryl methyl sites for hydroxylation is 3. The highest BCUT2D eigenvalue weighted by Crippen LogP contribution is 2.21. The van der Waals surface area contributed by atoms with Crippen LogP contribution in [0.4, 0.5) is 5.69 Å². The molecule has 1 amide bonds. The van der Waals surface area contributed by atoms with Crippen molar-refractivity contribution < 1.29 is 9.90 Å². The molecule has 0 aliphatic heterocycles. The highest BCUT2D eigenvalue weighted by Gasteiger charge is 2.05. The molecule has 0 atom stereocenters. The predicted octanol–water partition coefficient (Wildman–Crippen LogP) is 2.88. The van der Waals surface area contributed by atoms with E-state index >= 15 is 0 Å². The molecule has 0 aliphatic carbocycles. The number of hydrogen-bond donors (Lipinski definition) is 3. The Morgan fingerprint density at radius 2 is 1.87 bits per heavy atom. The van der Waals surface area contributed by atoms with Gasteiger partial charge < -0.3 is 10.4 Å². The van der Waals surface area contributed by atoms with E-state index < -0.39 is 0 Å². The van der Waals surface area contributed by atoms with Crippen LogP contribution in [0.15, 0.2) is 41.5 Å². The number of rotatable bonds is 5. The summed E-state index contributed by atoms with van der Waals surface area (Å²) >= 11 is 0. The summed E-state index contributed by atoms with van der Waals surface area (Å²) in [7, 11) is 0. The number of phenols is 1. The van der Waals surface area contributed by atoms with E-state index in [0.29, 0.717) is 5.56 Å². The van der Waals surface area contributed by atoms with Gasteiger partial charge in [0.25, 0.3) is 5.91 Å². The Hall–Kier alpha value is -2.82. The van der Waals surface area contributed by atoms with Gasteiger partial charge in [-0.2, -0.15) is 5.10 Å². The van der Waals surface area contributed by atoms with Crippen LogP contribution in [0.25, 0.3) is 0 Å². The summed E-state index contributed by atoms with van der Waals surface area (Å²) in [5, 5.41) is 16.4. The molecule has 0 unspecified atom stereocenters. The molecule has 0 spiro atoms. The monoisotopic (exact) mass is 311 g/mol. The van der Waals surface area contributed by atoms with E-state index in [-0.39, 0.29) is 18.2 Å². The lowest BCUT2D eigenvalue weighted by atomic mass is 10.1. The minimum Gasteiger partial charge on any atom is -0.508 e. The van der Waals surface area contributed by atoms with Gasteiger partial charge >= 0.3 is 0 Å². The average Bonchev–Trinajstić information content (AvgIpc) is 2.46. The number of hydrogen-bond acceptors (Lipinski definition) is 4. The molecule has 2 aromatic carbocycles. The summed E-state index contributed by atoms with van der Waals surface area (Å²) in [5.41, 5.74) is 7.56. The second-order valence-electron chi connectivity index (χ2n) is 5.52. The minimum absolute atomic E-state index is 0.141. The molecule has 0 radical (unpaired) electrons. The lowest BCUT2D eigenvalue weighted by molar-refractivity contribution is -0.119. The van der Waals surface area contributed by atoms with Gasteiger partial charge in [-0.15, -0.1) is 0 Å². The van der Waals surface area contributed by atoms with Gasteiger partial charge in [0, 0.05) is 5.69 Å².